The van der Waals surface area contributed by atoms with Crippen LogP contribution in [0.25, 0.3) is 6.08 Å². The molecule has 4 heteroatoms. The van der Waals surface area contributed by atoms with E-state index in [4.69, 9.17) is 16.7 Å². The first-order chi connectivity index (χ1) is 7.08. The van der Waals surface area contributed by atoms with Crippen molar-refractivity contribution in [3.63, 3.8) is 0 Å². The topological polar surface area (TPSA) is 54.4 Å². The lowest BCUT2D eigenvalue weighted by atomic mass is 10.2. The van der Waals surface area contributed by atoms with Crippen LogP contribution in [0, 0.1) is 0 Å². The maximum absolute atomic E-state index is 11.0. The van der Waals surface area contributed by atoms with E-state index in [9.17, 15) is 9.59 Å². The van der Waals surface area contributed by atoms with Crippen molar-refractivity contribution in [2.75, 3.05) is 0 Å². The van der Waals surface area contributed by atoms with Gasteiger partial charge in [0.25, 0.3) is 0 Å². The molecule has 0 unspecified atom stereocenters. The number of rotatable bonds is 4. The fourth-order valence-electron chi connectivity index (χ4n) is 1.01. The maximum atomic E-state index is 11.0. The van der Waals surface area contributed by atoms with Gasteiger partial charge in [-0.05, 0) is 23.8 Å². The standard InChI is InChI=1S/C11H9ClO3/c12-9-3-1-2-8(6-9)4-5-10(13)7-11(14)15/h1-6H,7H2,(H,14,15). The molecule has 15 heavy (non-hydrogen) atoms. The van der Waals surface area contributed by atoms with Crippen molar-refractivity contribution in [1.82, 2.24) is 0 Å². The maximum Gasteiger partial charge on any atom is 0.311 e. The monoisotopic (exact) mass is 224 g/mol. The minimum atomic E-state index is -1.13. The lowest BCUT2D eigenvalue weighted by molar-refractivity contribution is -0.139. The normalized spacial score (nSPS) is 10.5. The van der Waals surface area contributed by atoms with Gasteiger partial charge in [-0.1, -0.05) is 29.8 Å². The number of hydrogen-bond acceptors (Lipinski definition) is 2. The number of allylic oxidation sites excluding steroid dienone is 1. The third kappa shape index (κ3) is 4.42. The Morgan fingerprint density at radius 3 is 2.73 bits per heavy atom. The molecule has 1 aromatic carbocycles. The molecule has 0 bridgehead atoms. The van der Waals surface area contributed by atoms with Gasteiger partial charge in [-0.3, -0.25) is 9.59 Å². The lowest BCUT2D eigenvalue weighted by Gasteiger charge is -1.93. The molecule has 1 rings (SSSR count). The minimum absolute atomic E-state index is 0.442. The lowest BCUT2D eigenvalue weighted by Crippen LogP contribution is -2.02. The summed E-state index contributed by atoms with van der Waals surface area (Å²) >= 11 is 5.73. The molecular formula is C11H9ClO3. The summed E-state index contributed by atoms with van der Waals surface area (Å²) < 4.78 is 0. The molecular weight excluding hydrogens is 216 g/mol. The number of carboxylic acid groups (broad SMARTS) is 1. The molecule has 0 saturated carbocycles. The van der Waals surface area contributed by atoms with Crippen molar-refractivity contribution in [3.8, 4) is 0 Å². The van der Waals surface area contributed by atoms with Crippen LogP contribution in [0.15, 0.2) is 30.3 Å². The van der Waals surface area contributed by atoms with Crippen LogP contribution in [0.3, 0.4) is 0 Å². The predicted molar refractivity (Wildman–Crippen MR) is 57.7 cm³/mol. The quantitative estimate of drug-likeness (QED) is 0.631. The summed E-state index contributed by atoms with van der Waals surface area (Å²) in [5, 5.41) is 8.92. The molecule has 78 valence electrons. The Labute approximate surface area is 92.0 Å². The number of hydrogen-bond donors (Lipinski definition) is 1. The van der Waals surface area contributed by atoms with Crippen LogP contribution in [0.1, 0.15) is 12.0 Å². The van der Waals surface area contributed by atoms with Crippen LogP contribution in [-0.4, -0.2) is 16.9 Å². The third-order valence-electron chi connectivity index (χ3n) is 1.64. The Balaban J connectivity index is 2.65. The van der Waals surface area contributed by atoms with Crippen molar-refractivity contribution >= 4 is 29.4 Å². The van der Waals surface area contributed by atoms with E-state index >= 15 is 0 Å². The second-order valence-electron chi connectivity index (χ2n) is 2.93. The highest BCUT2D eigenvalue weighted by Crippen LogP contribution is 2.11. The Morgan fingerprint density at radius 2 is 2.13 bits per heavy atom. The molecule has 0 spiro atoms. The van der Waals surface area contributed by atoms with Gasteiger partial charge in [-0.15, -0.1) is 0 Å². The highest BCUT2D eigenvalue weighted by Gasteiger charge is 2.02. The molecule has 0 amide bonds. The number of carbonyl (C=O) groups excluding carboxylic acids is 1. The van der Waals surface area contributed by atoms with Crippen molar-refractivity contribution in [3.05, 3.63) is 40.9 Å². The Morgan fingerprint density at radius 1 is 1.40 bits per heavy atom. The van der Waals surface area contributed by atoms with Crippen molar-refractivity contribution in [1.29, 1.82) is 0 Å². The van der Waals surface area contributed by atoms with E-state index < -0.39 is 18.2 Å². The molecule has 1 aromatic rings. The summed E-state index contributed by atoms with van der Waals surface area (Å²) in [7, 11) is 0. The predicted octanol–water partition coefficient (Wildman–Crippen LogP) is 2.40. The van der Waals surface area contributed by atoms with Crippen LogP contribution in [0.2, 0.25) is 5.02 Å². The highest BCUT2D eigenvalue weighted by atomic mass is 35.5. The number of aliphatic carboxylic acids is 1. The number of ketones is 1. The zero-order valence-electron chi connectivity index (χ0n) is 7.81. The number of carboxylic acids is 1. The molecule has 0 aliphatic heterocycles. The average molecular weight is 225 g/mol. The van der Waals surface area contributed by atoms with Gasteiger partial charge in [0.15, 0.2) is 5.78 Å². The third-order valence-corrected chi connectivity index (χ3v) is 1.87. The van der Waals surface area contributed by atoms with E-state index in [-0.39, 0.29) is 0 Å². The van der Waals surface area contributed by atoms with Crippen LogP contribution in [0.4, 0.5) is 0 Å². The molecule has 1 N–H and O–H groups in total. The fraction of sp³-hybridized carbons (Fsp3) is 0.0909. The van der Waals surface area contributed by atoms with Gasteiger partial charge in [0, 0.05) is 5.02 Å². The summed E-state index contributed by atoms with van der Waals surface area (Å²) in [5.74, 6) is -1.57. The zero-order valence-corrected chi connectivity index (χ0v) is 8.57. The van der Waals surface area contributed by atoms with Crippen molar-refractivity contribution in [2.45, 2.75) is 6.42 Å². The SMILES string of the molecule is O=C(O)CC(=O)C=Cc1cccc(Cl)c1. The van der Waals surface area contributed by atoms with Gasteiger partial charge in [-0.25, -0.2) is 0 Å². The Kier molecular flexibility index (Phi) is 4.06. The second kappa shape index (κ2) is 5.32. The summed E-state index contributed by atoms with van der Waals surface area (Å²) in [6.45, 7) is 0. The molecule has 0 fully saturated rings. The van der Waals surface area contributed by atoms with E-state index in [1.54, 1.807) is 24.3 Å². The van der Waals surface area contributed by atoms with Gasteiger partial charge in [0.05, 0.1) is 0 Å². The van der Waals surface area contributed by atoms with E-state index in [0.29, 0.717) is 5.02 Å². The van der Waals surface area contributed by atoms with Crippen LogP contribution < -0.4 is 0 Å². The summed E-state index contributed by atoms with van der Waals surface area (Å²) in [5.41, 5.74) is 0.765. The van der Waals surface area contributed by atoms with Gasteiger partial charge < -0.3 is 5.11 Å². The van der Waals surface area contributed by atoms with E-state index in [0.717, 1.165) is 5.56 Å². The Bertz CT molecular complexity index is 410. The first kappa shape index (κ1) is 11.5. The largest absolute Gasteiger partial charge is 0.481 e. The smallest absolute Gasteiger partial charge is 0.311 e. The van der Waals surface area contributed by atoms with Crippen LogP contribution >= 0.6 is 11.6 Å². The molecule has 0 aliphatic carbocycles. The van der Waals surface area contributed by atoms with Gasteiger partial charge in [0.2, 0.25) is 0 Å². The number of halogens is 1. The highest BCUT2D eigenvalue weighted by molar-refractivity contribution is 6.30. The van der Waals surface area contributed by atoms with Gasteiger partial charge >= 0.3 is 5.97 Å². The minimum Gasteiger partial charge on any atom is -0.481 e. The van der Waals surface area contributed by atoms with E-state index in [2.05, 4.69) is 0 Å². The Hall–Kier alpha value is -1.61. The molecule has 0 heterocycles. The second-order valence-corrected chi connectivity index (χ2v) is 3.36. The first-order valence-corrected chi connectivity index (χ1v) is 4.64. The summed E-state index contributed by atoms with van der Waals surface area (Å²) in [6.07, 6.45) is 2.29. The van der Waals surface area contributed by atoms with Gasteiger partial charge in [-0.2, -0.15) is 0 Å². The number of benzene rings is 1. The van der Waals surface area contributed by atoms with Crippen molar-refractivity contribution in [2.24, 2.45) is 0 Å². The average Bonchev–Trinajstić information content (AvgIpc) is 2.14. The van der Waals surface area contributed by atoms with Crippen LogP contribution in [0.5, 0.6) is 0 Å². The van der Waals surface area contributed by atoms with Gasteiger partial charge in [0.1, 0.15) is 6.42 Å². The van der Waals surface area contributed by atoms with Crippen LogP contribution in [-0.2, 0) is 9.59 Å². The molecule has 0 atom stereocenters. The molecule has 0 aliphatic rings. The van der Waals surface area contributed by atoms with E-state index in [1.807, 2.05) is 0 Å². The first-order valence-electron chi connectivity index (χ1n) is 4.26. The number of carbonyl (C=O) groups is 2. The molecule has 0 saturated heterocycles. The zero-order chi connectivity index (χ0) is 11.3. The summed E-state index contributed by atoms with van der Waals surface area (Å²) in [4.78, 5) is 21.2. The molecule has 0 aromatic heterocycles. The summed E-state index contributed by atoms with van der Waals surface area (Å²) in [6, 6.07) is 6.93. The van der Waals surface area contributed by atoms with E-state index in [1.165, 1.54) is 12.2 Å². The molecule has 3 nitrogen and oxygen atoms in total. The molecule has 0 radical (unpaired) electrons. The van der Waals surface area contributed by atoms with Crippen molar-refractivity contribution < 1.29 is 14.7 Å². The fourth-order valence-corrected chi connectivity index (χ4v) is 1.21.